The maximum absolute atomic E-state index is 5.95. The topological polar surface area (TPSA) is 28.7 Å². The highest BCUT2D eigenvalue weighted by molar-refractivity contribution is 9.10. The first-order valence-electron chi connectivity index (χ1n) is 6.54. The van der Waals surface area contributed by atoms with E-state index < -0.39 is 0 Å². The number of nitrogens with zero attached hydrogens (tertiary/aromatic N) is 1. The van der Waals surface area contributed by atoms with Crippen molar-refractivity contribution in [3.63, 3.8) is 0 Å². The Morgan fingerprint density at radius 3 is 2.52 bits per heavy atom. The van der Waals surface area contributed by atoms with E-state index in [0.29, 0.717) is 0 Å². The number of hydrogen-bond donors (Lipinski definition) is 1. The van der Waals surface area contributed by atoms with Crippen molar-refractivity contribution in [1.29, 1.82) is 0 Å². The molecule has 1 heterocycles. The summed E-state index contributed by atoms with van der Waals surface area (Å²) >= 11 is 9.47. The van der Waals surface area contributed by atoms with Crippen LogP contribution in [0.2, 0.25) is 5.02 Å². The molecule has 0 aliphatic rings. The first-order chi connectivity index (χ1) is 10.2. The average Bonchev–Trinajstić information content (AvgIpc) is 2.88. The molecule has 0 aliphatic heterocycles. The Morgan fingerprint density at radius 2 is 1.71 bits per heavy atom. The van der Waals surface area contributed by atoms with Gasteiger partial charge in [0.1, 0.15) is 0 Å². The quantitative estimate of drug-likeness (QED) is 0.458. The monoisotopic (exact) mass is 356 g/mol. The summed E-state index contributed by atoms with van der Waals surface area (Å²) in [5.74, 6) is 0. The van der Waals surface area contributed by atoms with Crippen molar-refractivity contribution >= 4 is 49.2 Å². The van der Waals surface area contributed by atoms with Gasteiger partial charge in [-0.05, 0) is 47.2 Å². The molecule has 0 atom stereocenters. The number of H-pyrrole nitrogens is 1. The van der Waals surface area contributed by atoms with Crippen LogP contribution in [-0.4, -0.2) is 10.2 Å². The van der Waals surface area contributed by atoms with Gasteiger partial charge < -0.3 is 0 Å². The summed E-state index contributed by atoms with van der Waals surface area (Å²) in [6, 6.07) is 18.3. The standard InChI is InChI=1S/C17H10BrClN2/c18-13-4-1-11-9-16-15(8-12(11)7-13)17(21-20-16)10-2-5-14(19)6-3-10/h1-9H,(H,20,21). The molecule has 21 heavy (non-hydrogen) atoms. The highest BCUT2D eigenvalue weighted by atomic mass is 79.9. The van der Waals surface area contributed by atoms with E-state index in [9.17, 15) is 0 Å². The molecule has 102 valence electrons. The predicted octanol–water partition coefficient (Wildman–Crippen LogP) is 5.80. The van der Waals surface area contributed by atoms with Gasteiger partial charge in [-0.1, -0.05) is 45.7 Å². The van der Waals surface area contributed by atoms with E-state index >= 15 is 0 Å². The van der Waals surface area contributed by atoms with Crippen molar-refractivity contribution in [3.05, 3.63) is 64.1 Å². The molecule has 3 aromatic carbocycles. The van der Waals surface area contributed by atoms with Crippen LogP contribution < -0.4 is 0 Å². The third kappa shape index (κ3) is 2.23. The van der Waals surface area contributed by atoms with Gasteiger partial charge >= 0.3 is 0 Å². The third-order valence-corrected chi connectivity index (χ3v) is 4.34. The lowest BCUT2D eigenvalue weighted by atomic mass is 10.0. The molecule has 0 saturated carbocycles. The van der Waals surface area contributed by atoms with Crippen molar-refractivity contribution in [2.45, 2.75) is 0 Å². The van der Waals surface area contributed by atoms with Crippen LogP contribution >= 0.6 is 27.5 Å². The minimum absolute atomic E-state index is 0.730. The fourth-order valence-electron chi connectivity index (χ4n) is 2.56. The Hall–Kier alpha value is -1.84. The second-order valence-electron chi connectivity index (χ2n) is 4.97. The Morgan fingerprint density at radius 1 is 0.905 bits per heavy atom. The van der Waals surface area contributed by atoms with Crippen molar-refractivity contribution in [2.75, 3.05) is 0 Å². The van der Waals surface area contributed by atoms with E-state index in [2.05, 4.69) is 50.4 Å². The van der Waals surface area contributed by atoms with Gasteiger partial charge in [-0.15, -0.1) is 0 Å². The lowest BCUT2D eigenvalue weighted by Crippen LogP contribution is -1.79. The molecule has 4 rings (SSSR count). The molecule has 0 aliphatic carbocycles. The minimum Gasteiger partial charge on any atom is -0.277 e. The van der Waals surface area contributed by atoms with Gasteiger partial charge in [0.25, 0.3) is 0 Å². The summed E-state index contributed by atoms with van der Waals surface area (Å²) < 4.78 is 1.07. The molecule has 0 radical (unpaired) electrons. The number of benzene rings is 3. The van der Waals surface area contributed by atoms with Crippen LogP contribution in [0.25, 0.3) is 32.9 Å². The molecule has 0 unspecified atom stereocenters. The molecule has 0 amide bonds. The molecular weight excluding hydrogens is 348 g/mol. The van der Waals surface area contributed by atoms with Gasteiger partial charge in [-0.3, -0.25) is 5.10 Å². The lowest BCUT2D eigenvalue weighted by molar-refractivity contribution is 1.12. The molecule has 1 N–H and O–H groups in total. The first kappa shape index (κ1) is 12.9. The van der Waals surface area contributed by atoms with Crippen molar-refractivity contribution in [1.82, 2.24) is 10.2 Å². The lowest BCUT2D eigenvalue weighted by Gasteiger charge is -2.01. The van der Waals surface area contributed by atoms with Gasteiger partial charge in [0, 0.05) is 20.4 Å². The molecule has 2 nitrogen and oxygen atoms in total. The smallest absolute Gasteiger partial charge is 0.0999 e. The number of nitrogens with one attached hydrogen (secondary N) is 1. The van der Waals surface area contributed by atoms with Crippen molar-refractivity contribution in [2.24, 2.45) is 0 Å². The summed E-state index contributed by atoms with van der Waals surface area (Å²) in [6.07, 6.45) is 0. The van der Waals surface area contributed by atoms with Crippen LogP contribution in [0.3, 0.4) is 0 Å². The third-order valence-electron chi connectivity index (χ3n) is 3.60. The zero-order valence-electron chi connectivity index (χ0n) is 10.9. The van der Waals surface area contributed by atoms with E-state index in [1.165, 1.54) is 10.8 Å². The van der Waals surface area contributed by atoms with Crippen molar-refractivity contribution in [3.8, 4) is 11.3 Å². The van der Waals surface area contributed by atoms with Crippen LogP contribution in [0.15, 0.2) is 59.1 Å². The molecule has 0 saturated heterocycles. The van der Waals surface area contributed by atoms with Crippen LogP contribution in [0.1, 0.15) is 0 Å². The Bertz CT molecular complexity index is 958. The van der Waals surface area contributed by atoms with Crippen LogP contribution in [0.5, 0.6) is 0 Å². The molecule has 0 bridgehead atoms. The summed E-state index contributed by atoms with van der Waals surface area (Å²) in [5.41, 5.74) is 3.04. The number of hydrogen-bond acceptors (Lipinski definition) is 1. The molecule has 1 aromatic heterocycles. The number of aromatic amines is 1. The van der Waals surface area contributed by atoms with E-state index in [1.807, 2.05) is 30.3 Å². The number of aromatic nitrogens is 2. The maximum atomic E-state index is 5.95. The van der Waals surface area contributed by atoms with Gasteiger partial charge in [0.2, 0.25) is 0 Å². The van der Waals surface area contributed by atoms with E-state index in [0.717, 1.165) is 31.7 Å². The van der Waals surface area contributed by atoms with Gasteiger partial charge in [0.15, 0.2) is 0 Å². The largest absolute Gasteiger partial charge is 0.277 e. The molecule has 4 heteroatoms. The molecule has 4 aromatic rings. The zero-order chi connectivity index (χ0) is 14.4. The van der Waals surface area contributed by atoms with Crippen LogP contribution in [0.4, 0.5) is 0 Å². The minimum atomic E-state index is 0.730. The Balaban J connectivity index is 2.00. The number of halogens is 2. The Labute approximate surface area is 134 Å². The van der Waals surface area contributed by atoms with Crippen LogP contribution in [0, 0.1) is 0 Å². The summed E-state index contributed by atoms with van der Waals surface area (Å²) in [5, 5.41) is 11.8. The second-order valence-corrected chi connectivity index (χ2v) is 6.32. The Kier molecular flexibility index (Phi) is 2.98. The molecular formula is C17H10BrClN2. The average molecular weight is 358 g/mol. The summed E-state index contributed by atoms with van der Waals surface area (Å²) in [4.78, 5) is 0. The highest BCUT2D eigenvalue weighted by Crippen LogP contribution is 2.31. The maximum Gasteiger partial charge on any atom is 0.0999 e. The fourth-order valence-corrected chi connectivity index (χ4v) is 3.07. The van der Waals surface area contributed by atoms with Crippen LogP contribution in [-0.2, 0) is 0 Å². The zero-order valence-corrected chi connectivity index (χ0v) is 13.2. The van der Waals surface area contributed by atoms with Gasteiger partial charge in [-0.25, -0.2) is 0 Å². The van der Waals surface area contributed by atoms with E-state index in [4.69, 9.17) is 11.6 Å². The number of fused-ring (bicyclic) bond motifs is 2. The molecule has 0 spiro atoms. The molecule has 0 fully saturated rings. The first-order valence-corrected chi connectivity index (χ1v) is 7.71. The SMILES string of the molecule is Clc1ccc(-c2n[nH]c3cc4ccc(Br)cc4cc23)cc1. The predicted molar refractivity (Wildman–Crippen MR) is 91.7 cm³/mol. The van der Waals surface area contributed by atoms with E-state index in [-0.39, 0.29) is 0 Å². The van der Waals surface area contributed by atoms with Crippen molar-refractivity contribution < 1.29 is 0 Å². The fraction of sp³-hybridized carbons (Fsp3) is 0. The second kappa shape index (κ2) is 4.86. The van der Waals surface area contributed by atoms with E-state index in [1.54, 1.807) is 0 Å². The number of rotatable bonds is 1. The van der Waals surface area contributed by atoms with Gasteiger partial charge in [-0.2, -0.15) is 5.10 Å². The normalized spacial score (nSPS) is 11.3. The summed E-state index contributed by atoms with van der Waals surface area (Å²) in [7, 11) is 0. The summed E-state index contributed by atoms with van der Waals surface area (Å²) in [6.45, 7) is 0. The van der Waals surface area contributed by atoms with Gasteiger partial charge in [0.05, 0.1) is 11.2 Å². The highest BCUT2D eigenvalue weighted by Gasteiger charge is 2.09.